The second kappa shape index (κ2) is 4.86. The first kappa shape index (κ1) is 11.9. The van der Waals surface area contributed by atoms with Gasteiger partial charge in [-0.05, 0) is 29.8 Å². The van der Waals surface area contributed by atoms with Gasteiger partial charge in [0, 0.05) is 5.02 Å². The maximum absolute atomic E-state index is 5.92. The summed E-state index contributed by atoms with van der Waals surface area (Å²) in [5, 5.41) is 9.12. The average Bonchev–Trinajstić information content (AvgIpc) is 2.86. The zero-order chi connectivity index (χ0) is 13.2. The van der Waals surface area contributed by atoms with Crippen LogP contribution in [0.25, 0.3) is 11.0 Å². The number of hydrogen-bond donors (Lipinski definition) is 0. The Morgan fingerprint density at radius 3 is 2.58 bits per heavy atom. The summed E-state index contributed by atoms with van der Waals surface area (Å²) in [6, 6.07) is 15.5. The Morgan fingerprint density at radius 2 is 1.84 bits per heavy atom. The summed E-state index contributed by atoms with van der Waals surface area (Å²) in [4.78, 5) is 0. The minimum atomic E-state index is -0.0512. The molecule has 2 aromatic carbocycles. The van der Waals surface area contributed by atoms with Crippen molar-refractivity contribution in [1.82, 2.24) is 15.0 Å². The topological polar surface area (TPSA) is 30.7 Å². The van der Waals surface area contributed by atoms with Crippen LogP contribution in [0.5, 0.6) is 0 Å². The standard InChI is InChI=1S/C15H12ClN3/c1-2-14(11-7-9-12(16)10-8-11)19-15-6-4-3-5-13(15)17-18-19/h2-10,14H,1H2. The third kappa shape index (κ3) is 2.13. The number of fused-ring (bicyclic) bond motifs is 1. The lowest BCUT2D eigenvalue weighted by atomic mass is 10.1. The summed E-state index contributed by atoms with van der Waals surface area (Å²) in [5.74, 6) is 0. The van der Waals surface area contributed by atoms with E-state index in [0.29, 0.717) is 0 Å². The second-order valence-electron chi connectivity index (χ2n) is 4.25. The Bertz CT molecular complexity index is 716. The van der Waals surface area contributed by atoms with Gasteiger partial charge in [-0.2, -0.15) is 0 Å². The number of rotatable bonds is 3. The summed E-state index contributed by atoms with van der Waals surface area (Å²) >= 11 is 5.92. The zero-order valence-electron chi connectivity index (χ0n) is 10.2. The van der Waals surface area contributed by atoms with Gasteiger partial charge in [-0.3, -0.25) is 0 Å². The summed E-state index contributed by atoms with van der Waals surface area (Å²) in [6.07, 6.45) is 1.85. The van der Waals surface area contributed by atoms with Crippen molar-refractivity contribution in [3.05, 3.63) is 71.8 Å². The van der Waals surface area contributed by atoms with E-state index in [1.54, 1.807) is 0 Å². The van der Waals surface area contributed by atoms with Crippen molar-refractivity contribution in [2.45, 2.75) is 6.04 Å². The molecule has 0 spiro atoms. The molecule has 4 heteroatoms. The van der Waals surface area contributed by atoms with Crippen molar-refractivity contribution in [2.75, 3.05) is 0 Å². The van der Waals surface area contributed by atoms with Crippen molar-refractivity contribution in [3.8, 4) is 0 Å². The molecule has 94 valence electrons. The quantitative estimate of drug-likeness (QED) is 0.676. The molecule has 3 aromatic rings. The minimum absolute atomic E-state index is 0.0512. The largest absolute Gasteiger partial charge is 0.233 e. The molecule has 1 aromatic heterocycles. The summed E-state index contributed by atoms with van der Waals surface area (Å²) < 4.78 is 1.87. The van der Waals surface area contributed by atoms with E-state index in [4.69, 9.17) is 11.6 Å². The zero-order valence-corrected chi connectivity index (χ0v) is 11.0. The number of aromatic nitrogens is 3. The van der Waals surface area contributed by atoms with Gasteiger partial charge in [-0.25, -0.2) is 4.68 Å². The van der Waals surface area contributed by atoms with Gasteiger partial charge in [0.2, 0.25) is 0 Å². The van der Waals surface area contributed by atoms with Crippen molar-refractivity contribution in [2.24, 2.45) is 0 Å². The van der Waals surface area contributed by atoms with Crippen LogP contribution in [0.4, 0.5) is 0 Å². The van der Waals surface area contributed by atoms with E-state index in [-0.39, 0.29) is 6.04 Å². The number of benzene rings is 2. The molecule has 0 aliphatic rings. The molecule has 0 saturated heterocycles. The molecule has 19 heavy (non-hydrogen) atoms. The highest BCUT2D eigenvalue weighted by molar-refractivity contribution is 6.30. The lowest BCUT2D eigenvalue weighted by Crippen LogP contribution is -2.09. The summed E-state index contributed by atoms with van der Waals surface area (Å²) in [5.41, 5.74) is 2.95. The highest BCUT2D eigenvalue weighted by atomic mass is 35.5. The molecule has 1 heterocycles. The number of halogens is 1. The van der Waals surface area contributed by atoms with E-state index in [1.807, 2.05) is 59.3 Å². The van der Waals surface area contributed by atoms with Crippen molar-refractivity contribution < 1.29 is 0 Å². The van der Waals surface area contributed by atoms with E-state index >= 15 is 0 Å². The number of allylic oxidation sites excluding steroid dienone is 1. The Kier molecular flexibility index (Phi) is 3.05. The molecule has 0 bridgehead atoms. The number of hydrogen-bond acceptors (Lipinski definition) is 2. The van der Waals surface area contributed by atoms with Crippen LogP contribution in [-0.4, -0.2) is 15.0 Å². The highest BCUT2D eigenvalue weighted by Gasteiger charge is 2.14. The monoisotopic (exact) mass is 269 g/mol. The molecule has 3 rings (SSSR count). The van der Waals surface area contributed by atoms with Gasteiger partial charge in [0.1, 0.15) is 5.52 Å². The Labute approximate surface area is 116 Å². The van der Waals surface area contributed by atoms with E-state index in [2.05, 4.69) is 16.9 Å². The van der Waals surface area contributed by atoms with Gasteiger partial charge in [0.15, 0.2) is 0 Å². The Hall–Kier alpha value is -2.13. The maximum Gasteiger partial charge on any atom is 0.113 e. The average molecular weight is 270 g/mol. The fraction of sp³-hybridized carbons (Fsp3) is 0.0667. The Morgan fingerprint density at radius 1 is 1.11 bits per heavy atom. The minimum Gasteiger partial charge on any atom is -0.233 e. The molecule has 0 N–H and O–H groups in total. The highest BCUT2D eigenvalue weighted by Crippen LogP contribution is 2.24. The van der Waals surface area contributed by atoms with E-state index in [1.165, 1.54) is 0 Å². The fourth-order valence-corrected chi connectivity index (χ4v) is 2.26. The molecular formula is C15H12ClN3. The van der Waals surface area contributed by atoms with Crippen molar-refractivity contribution in [1.29, 1.82) is 0 Å². The molecule has 1 atom stereocenters. The summed E-state index contributed by atoms with van der Waals surface area (Å²) in [7, 11) is 0. The summed E-state index contributed by atoms with van der Waals surface area (Å²) in [6.45, 7) is 3.90. The first-order valence-electron chi connectivity index (χ1n) is 5.97. The smallest absolute Gasteiger partial charge is 0.113 e. The van der Waals surface area contributed by atoms with Gasteiger partial charge in [-0.15, -0.1) is 11.7 Å². The van der Waals surface area contributed by atoms with Crippen LogP contribution >= 0.6 is 11.6 Å². The molecule has 0 aliphatic heterocycles. The lowest BCUT2D eigenvalue weighted by molar-refractivity contribution is 0.604. The van der Waals surface area contributed by atoms with Gasteiger partial charge >= 0.3 is 0 Å². The SMILES string of the molecule is C=CC(c1ccc(Cl)cc1)n1nnc2ccccc21. The molecule has 0 amide bonds. The maximum atomic E-state index is 5.92. The van der Waals surface area contributed by atoms with Crippen LogP contribution < -0.4 is 0 Å². The molecular weight excluding hydrogens is 258 g/mol. The van der Waals surface area contributed by atoms with Crippen molar-refractivity contribution >= 4 is 22.6 Å². The van der Waals surface area contributed by atoms with Gasteiger partial charge in [-0.1, -0.05) is 47.2 Å². The normalized spacial score (nSPS) is 12.5. The van der Waals surface area contributed by atoms with Crippen LogP contribution in [0.15, 0.2) is 61.2 Å². The predicted octanol–water partition coefficient (Wildman–Crippen LogP) is 3.86. The van der Waals surface area contributed by atoms with Gasteiger partial charge in [0.05, 0.1) is 11.6 Å². The first-order valence-corrected chi connectivity index (χ1v) is 6.35. The van der Waals surface area contributed by atoms with E-state index in [0.717, 1.165) is 21.6 Å². The number of para-hydroxylation sites is 1. The lowest BCUT2D eigenvalue weighted by Gasteiger charge is -2.14. The first-order chi connectivity index (χ1) is 9.29. The predicted molar refractivity (Wildman–Crippen MR) is 77.3 cm³/mol. The van der Waals surface area contributed by atoms with Gasteiger partial charge < -0.3 is 0 Å². The molecule has 0 radical (unpaired) electrons. The Balaban J connectivity index is 2.12. The van der Waals surface area contributed by atoms with E-state index < -0.39 is 0 Å². The molecule has 0 fully saturated rings. The molecule has 1 unspecified atom stereocenters. The van der Waals surface area contributed by atoms with Crippen LogP contribution in [-0.2, 0) is 0 Å². The van der Waals surface area contributed by atoms with Crippen LogP contribution in [0.3, 0.4) is 0 Å². The fourth-order valence-electron chi connectivity index (χ4n) is 2.13. The third-order valence-corrected chi connectivity index (χ3v) is 3.33. The van der Waals surface area contributed by atoms with Crippen LogP contribution in [0.2, 0.25) is 5.02 Å². The second-order valence-corrected chi connectivity index (χ2v) is 4.69. The van der Waals surface area contributed by atoms with Crippen LogP contribution in [0, 0.1) is 0 Å². The van der Waals surface area contributed by atoms with Crippen molar-refractivity contribution in [3.63, 3.8) is 0 Å². The third-order valence-electron chi connectivity index (χ3n) is 3.08. The van der Waals surface area contributed by atoms with Crippen LogP contribution in [0.1, 0.15) is 11.6 Å². The van der Waals surface area contributed by atoms with Gasteiger partial charge in [0.25, 0.3) is 0 Å². The number of nitrogens with zero attached hydrogens (tertiary/aromatic N) is 3. The van der Waals surface area contributed by atoms with E-state index in [9.17, 15) is 0 Å². The molecule has 0 saturated carbocycles. The molecule has 3 nitrogen and oxygen atoms in total. The molecule has 0 aliphatic carbocycles.